The number of carbonyl (C=O) groups excluding carboxylic acids is 1. The molecule has 2 atom stereocenters. The van der Waals surface area contributed by atoms with Crippen LogP contribution in [-0.2, 0) is 11.4 Å². The molecule has 7 nitrogen and oxygen atoms in total. The summed E-state index contributed by atoms with van der Waals surface area (Å²) in [5.74, 6) is 1.75. The third kappa shape index (κ3) is 4.63. The number of ether oxygens (including phenoxy) is 1. The Labute approximate surface area is 189 Å². The molecule has 32 heavy (non-hydrogen) atoms. The summed E-state index contributed by atoms with van der Waals surface area (Å²) in [5.41, 5.74) is 3.09. The maximum Gasteiger partial charge on any atom is 0.229 e. The van der Waals surface area contributed by atoms with Crippen LogP contribution in [0.2, 0.25) is 5.02 Å². The van der Waals surface area contributed by atoms with E-state index in [0.717, 1.165) is 28.9 Å². The van der Waals surface area contributed by atoms with E-state index in [4.69, 9.17) is 16.3 Å². The number of anilines is 1. The first-order valence-electron chi connectivity index (χ1n) is 10.3. The van der Waals surface area contributed by atoms with Gasteiger partial charge in [-0.2, -0.15) is 5.10 Å². The lowest BCUT2D eigenvalue weighted by molar-refractivity contribution is -0.117. The number of carbonyl (C=O) groups is 1. The molecule has 0 bridgehead atoms. The van der Waals surface area contributed by atoms with Crippen molar-refractivity contribution < 1.29 is 9.53 Å². The molecule has 0 aliphatic heterocycles. The Kier molecular flexibility index (Phi) is 5.56. The molecule has 2 N–H and O–H groups in total. The van der Waals surface area contributed by atoms with E-state index in [2.05, 4.69) is 25.5 Å². The van der Waals surface area contributed by atoms with Crippen LogP contribution in [0.25, 0.3) is 11.4 Å². The fraction of sp³-hybridized carbons (Fsp3) is 0.167. The van der Waals surface area contributed by atoms with Crippen LogP contribution in [0.5, 0.6) is 5.75 Å². The Morgan fingerprint density at radius 1 is 1.19 bits per heavy atom. The van der Waals surface area contributed by atoms with Crippen LogP contribution in [-0.4, -0.2) is 26.1 Å². The first-order valence-corrected chi connectivity index (χ1v) is 10.6. The molecular formula is C24H20ClN5O2. The summed E-state index contributed by atoms with van der Waals surface area (Å²) in [6.45, 7) is 0.372. The number of amides is 1. The first-order chi connectivity index (χ1) is 15.7. The van der Waals surface area contributed by atoms with E-state index < -0.39 is 0 Å². The van der Waals surface area contributed by atoms with Crippen molar-refractivity contribution in [1.82, 2.24) is 20.2 Å². The zero-order chi connectivity index (χ0) is 21.9. The Morgan fingerprint density at radius 3 is 2.84 bits per heavy atom. The highest BCUT2D eigenvalue weighted by Gasteiger charge is 2.44. The molecule has 1 aliphatic rings. The molecule has 0 radical (unpaired) electrons. The summed E-state index contributed by atoms with van der Waals surface area (Å²) in [6.07, 6.45) is 5.84. The lowest BCUT2D eigenvalue weighted by Crippen LogP contribution is -2.16. The van der Waals surface area contributed by atoms with Crippen LogP contribution in [0.4, 0.5) is 5.82 Å². The van der Waals surface area contributed by atoms with Crippen molar-refractivity contribution in [3.05, 3.63) is 89.3 Å². The van der Waals surface area contributed by atoms with Gasteiger partial charge in [0.05, 0.1) is 6.20 Å². The van der Waals surface area contributed by atoms with Crippen LogP contribution >= 0.6 is 11.6 Å². The molecule has 2 aromatic heterocycles. The zero-order valence-corrected chi connectivity index (χ0v) is 17.8. The number of nitrogens with one attached hydrogen (secondary N) is 2. The van der Waals surface area contributed by atoms with Gasteiger partial charge in [0.2, 0.25) is 5.91 Å². The average molecular weight is 446 g/mol. The second-order valence-corrected chi connectivity index (χ2v) is 8.13. The first kappa shape index (κ1) is 20.2. The lowest BCUT2D eigenvalue weighted by Gasteiger charge is -2.08. The zero-order valence-electron chi connectivity index (χ0n) is 17.0. The fourth-order valence-corrected chi connectivity index (χ4v) is 3.85. The molecule has 0 unspecified atom stereocenters. The van der Waals surface area contributed by atoms with Gasteiger partial charge in [-0.25, -0.2) is 4.98 Å². The molecule has 1 amide bonds. The van der Waals surface area contributed by atoms with Crippen molar-refractivity contribution in [2.24, 2.45) is 5.92 Å². The Hall–Kier alpha value is -3.71. The maximum absolute atomic E-state index is 12.6. The number of benzene rings is 2. The molecule has 2 heterocycles. The van der Waals surface area contributed by atoms with E-state index in [0.29, 0.717) is 23.2 Å². The molecule has 1 aliphatic carbocycles. The molecule has 8 heteroatoms. The predicted octanol–water partition coefficient (Wildman–Crippen LogP) is 4.84. The smallest absolute Gasteiger partial charge is 0.229 e. The van der Waals surface area contributed by atoms with E-state index in [1.165, 1.54) is 6.20 Å². The molecule has 1 saturated carbocycles. The Morgan fingerprint density at radius 2 is 2.06 bits per heavy atom. The highest BCUT2D eigenvalue weighted by molar-refractivity contribution is 6.30. The highest BCUT2D eigenvalue weighted by Crippen LogP contribution is 2.48. The summed E-state index contributed by atoms with van der Waals surface area (Å²) in [4.78, 5) is 19.9. The van der Waals surface area contributed by atoms with Crippen molar-refractivity contribution in [3.63, 3.8) is 0 Å². The topological polar surface area (TPSA) is 92.8 Å². The molecule has 160 valence electrons. The predicted molar refractivity (Wildman–Crippen MR) is 121 cm³/mol. The number of aromatic nitrogens is 4. The van der Waals surface area contributed by atoms with Crippen molar-refractivity contribution >= 4 is 23.3 Å². The van der Waals surface area contributed by atoms with Gasteiger partial charge in [0.1, 0.15) is 18.2 Å². The number of hydrogen-bond acceptors (Lipinski definition) is 5. The van der Waals surface area contributed by atoms with Crippen molar-refractivity contribution in [2.45, 2.75) is 18.9 Å². The SMILES string of the molecule is O=C(Nc1cc(OCc2ccc(-c3ncc[nH]3)cc2)cnn1)[C@H]1C[C@@H]1c1cccc(Cl)c1. The largest absolute Gasteiger partial charge is 0.487 e. The van der Waals surface area contributed by atoms with Gasteiger partial charge in [-0.1, -0.05) is 48.0 Å². The normalized spacial score (nSPS) is 17.0. The molecule has 1 fully saturated rings. The molecule has 2 aromatic carbocycles. The number of H-pyrrole nitrogens is 1. The second kappa shape index (κ2) is 8.80. The van der Waals surface area contributed by atoms with Gasteiger partial charge in [-0.3, -0.25) is 4.79 Å². The highest BCUT2D eigenvalue weighted by atomic mass is 35.5. The molecule has 0 spiro atoms. The third-order valence-electron chi connectivity index (χ3n) is 5.42. The van der Waals surface area contributed by atoms with Crippen LogP contribution in [0, 0.1) is 5.92 Å². The summed E-state index contributed by atoms with van der Waals surface area (Å²) in [5, 5.41) is 11.5. The van der Waals surface area contributed by atoms with Crippen LogP contribution < -0.4 is 10.1 Å². The Bertz CT molecular complexity index is 1230. The van der Waals surface area contributed by atoms with E-state index in [1.807, 2.05) is 48.5 Å². The number of aromatic amines is 1. The standard InChI is InChI=1S/C24H20ClN5O2/c25-18-3-1-2-17(10-18)20-12-21(20)24(31)29-22-11-19(13-28-30-22)32-14-15-4-6-16(7-5-15)23-26-8-9-27-23/h1-11,13,20-21H,12,14H2,(H,26,27)(H,29,30,31)/t20-,21+/m1/s1. The number of halogens is 1. The monoisotopic (exact) mass is 445 g/mol. The van der Waals surface area contributed by atoms with Crippen molar-refractivity contribution in [3.8, 4) is 17.1 Å². The van der Waals surface area contributed by atoms with Crippen LogP contribution in [0.15, 0.2) is 73.2 Å². The molecule has 0 saturated heterocycles. The van der Waals surface area contributed by atoms with Gasteiger partial charge in [0.25, 0.3) is 0 Å². The lowest BCUT2D eigenvalue weighted by atomic mass is 10.1. The Balaban J connectivity index is 1.17. The quantitative estimate of drug-likeness (QED) is 0.424. The minimum absolute atomic E-state index is 0.0741. The minimum Gasteiger partial charge on any atom is -0.487 e. The summed E-state index contributed by atoms with van der Waals surface area (Å²) in [6, 6.07) is 17.3. The van der Waals surface area contributed by atoms with Crippen LogP contribution in [0.1, 0.15) is 23.5 Å². The molecule has 5 rings (SSSR count). The van der Waals surface area contributed by atoms with Gasteiger partial charge >= 0.3 is 0 Å². The maximum atomic E-state index is 12.6. The average Bonchev–Trinajstić information content (AvgIpc) is 3.44. The number of rotatable bonds is 7. The van der Waals surface area contributed by atoms with Gasteiger partial charge in [-0.05, 0) is 35.6 Å². The van der Waals surface area contributed by atoms with E-state index >= 15 is 0 Å². The molecular weight excluding hydrogens is 426 g/mol. The van der Waals surface area contributed by atoms with Crippen LogP contribution in [0.3, 0.4) is 0 Å². The third-order valence-corrected chi connectivity index (χ3v) is 5.65. The molecule has 4 aromatic rings. The van der Waals surface area contributed by atoms with E-state index in [9.17, 15) is 4.79 Å². The number of imidazole rings is 1. The van der Waals surface area contributed by atoms with Crippen molar-refractivity contribution in [2.75, 3.05) is 5.32 Å². The second-order valence-electron chi connectivity index (χ2n) is 7.69. The number of nitrogens with zero attached hydrogens (tertiary/aromatic N) is 3. The van der Waals surface area contributed by atoms with Gasteiger partial charge in [-0.15, -0.1) is 5.10 Å². The number of hydrogen-bond donors (Lipinski definition) is 2. The fourth-order valence-electron chi connectivity index (χ4n) is 3.65. The summed E-state index contributed by atoms with van der Waals surface area (Å²) < 4.78 is 5.83. The van der Waals surface area contributed by atoms with E-state index in [-0.39, 0.29) is 17.7 Å². The minimum atomic E-state index is -0.0903. The van der Waals surface area contributed by atoms with Gasteiger partial charge in [0.15, 0.2) is 5.82 Å². The summed E-state index contributed by atoms with van der Waals surface area (Å²) >= 11 is 6.06. The summed E-state index contributed by atoms with van der Waals surface area (Å²) in [7, 11) is 0. The van der Waals surface area contributed by atoms with Gasteiger partial charge in [0, 0.05) is 35.0 Å². The van der Waals surface area contributed by atoms with E-state index in [1.54, 1.807) is 18.5 Å². The van der Waals surface area contributed by atoms with Crippen molar-refractivity contribution in [1.29, 1.82) is 0 Å². The van der Waals surface area contributed by atoms with Gasteiger partial charge < -0.3 is 15.0 Å².